The molecule has 0 bridgehead atoms. The first-order valence-corrected chi connectivity index (χ1v) is 15.3. The van der Waals surface area contributed by atoms with Crippen LogP contribution in [0.15, 0.2) is 87.5 Å². The van der Waals surface area contributed by atoms with Gasteiger partial charge in [-0.15, -0.1) is 11.8 Å². The molecule has 7 nitrogen and oxygen atoms in total. The van der Waals surface area contributed by atoms with Crippen molar-refractivity contribution in [2.24, 2.45) is 0 Å². The summed E-state index contributed by atoms with van der Waals surface area (Å²) in [6, 6.07) is 19.2. The van der Waals surface area contributed by atoms with Gasteiger partial charge in [0.15, 0.2) is 9.84 Å². The number of sulfonamides is 1. The molecular weight excluding hydrogens is 504 g/mol. The molecular formula is C25H28N2O5S3. The molecule has 1 N–H and O–H groups in total. The Morgan fingerprint density at radius 3 is 1.94 bits per heavy atom. The smallest absolute Gasteiger partial charge is 0.264 e. The minimum atomic E-state index is -4.01. The minimum absolute atomic E-state index is 0.0908. The number of nitrogens with one attached hydrogen (secondary N) is 1. The Labute approximate surface area is 211 Å². The first-order chi connectivity index (χ1) is 16.4. The van der Waals surface area contributed by atoms with Crippen LogP contribution in [0.25, 0.3) is 0 Å². The Hall–Kier alpha value is -2.82. The van der Waals surface area contributed by atoms with Gasteiger partial charge >= 0.3 is 0 Å². The van der Waals surface area contributed by atoms with Gasteiger partial charge < -0.3 is 5.32 Å². The number of benzene rings is 3. The molecule has 1 amide bonds. The SMILES string of the molecule is CSc1ccc(S(=O)(=O)N(CC(=O)N[C@H](C)c2ccc(S(C)(=O)=O)cc2)c2ccc(C)cc2)cc1. The molecule has 0 radical (unpaired) electrons. The molecule has 0 heterocycles. The standard InChI is InChI=1S/C25H28N2O5S3/c1-18-5-9-21(10-6-18)27(35(31,32)24-15-11-22(33-3)12-16-24)17-25(28)26-19(2)20-7-13-23(14-8-20)34(4,29)30/h5-16,19H,17H2,1-4H3,(H,26,28)/t19-/m1/s1. The zero-order valence-electron chi connectivity index (χ0n) is 19.9. The van der Waals surface area contributed by atoms with Crippen LogP contribution in [-0.2, 0) is 24.7 Å². The topological polar surface area (TPSA) is 101 Å². The molecule has 0 aromatic heterocycles. The monoisotopic (exact) mass is 532 g/mol. The molecule has 0 aliphatic rings. The summed E-state index contributed by atoms with van der Waals surface area (Å²) in [5, 5.41) is 2.81. The fourth-order valence-electron chi connectivity index (χ4n) is 3.41. The summed E-state index contributed by atoms with van der Waals surface area (Å²) in [7, 11) is -7.34. The van der Waals surface area contributed by atoms with E-state index in [1.54, 1.807) is 55.5 Å². The fourth-order valence-corrected chi connectivity index (χ4v) is 5.87. The van der Waals surface area contributed by atoms with Crippen molar-refractivity contribution in [2.45, 2.75) is 34.6 Å². The molecule has 0 saturated carbocycles. The third-order valence-corrected chi connectivity index (χ3v) is 9.10. The van der Waals surface area contributed by atoms with E-state index in [0.29, 0.717) is 11.3 Å². The molecule has 0 unspecified atom stereocenters. The summed E-state index contributed by atoms with van der Waals surface area (Å²) in [5.74, 6) is -0.491. The van der Waals surface area contributed by atoms with Crippen molar-refractivity contribution in [1.82, 2.24) is 5.32 Å². The number of rotatable bonds is 9. The number of carbonyl (C=O) groups is 1. The molecule has 3 aromatic rings. The summed E-state index contributed by atoms with van der Waals surface area (Å²) in [6.07, 6.45) is 3.03. The summed E-state index contributed by atoms with van der Waals surface area (Å²) in [4.78, 5) is 14.2. The number of hydrogen-bond acceptors (Lipinski definition) is 6. The van der Waals surface area contributed by atoms with Crippen LogP contribution in [0.5, 0.6) is 0 Å². The average Bonchev–Trinajstić information content (AvgIpc) is 2.82. The van der Waals surface area contributed by atoms with E-state index in [9.17, 15) is 21.6 Å². The molecule has 35 heavy (non-hydrogen) atoms. The van der Waals surface area contributed by atoms with Crippen LogP contribution in [0.2, 0.25) is 0 Å². The van der Waals surface area contributed by atoms with Gasteiger partial charge in [-0.25, -0.2) is 16.8 Å². The zero-order valence-corrected chi connectivity index (χ0v) is 22.4. The predicted molar refractivity (Wildman–Crippen MR) is 140 cm³/mol. The van der Waals surface area contributed by atoms with Gasteiger partial charge in [0.25, 0.3) is 10.0 Å². The quantitative estimate of drug-likeness (QED) is 0.415. The van der Waals surface area contributed by atoms with Crippen LogP contribution in [0.1, 0.15) is 24.1 Å². The van der Waals surface area contributed by atoms with Gasteiger partial charge in [0.05, 0.1) is 21.5 Å². The molecule has 0 aliphatic carbocycles. The number of nitrogens with zero attached hydrogens (tertiary/aromatic N) is 1. The van der Waals surface area contributed by atoms with Crippen LogP contribution in [-0.4, -0.2) is 41.8 Å². The highest BCUT2D eigenvalue weighted by molar-refractivity contribution is 7.98. The number of amides is 1. The van der Waals surface area contributed by atoms with E-state index in [0.717, 1.165) is 21.0 Å². The van der Waals surface area contributed by atoms with Gasteiger partial charge in [-0.05, 0) is 74.2 Å². The third-order valence-electron chi connectivity index (χ3n) is 5.44. The summed E-state index contributed by atoms with van der Waals surface area (Å²) in [6.45, 7) is 3.23. The lowest BCUT2D eigenvalue weighted by Gasteiger charge is -2.25. The minimum Gasteiger partial charge on any atom is -0.348 e. The van der Waals surface area contributed by atoms with Crippen molar-refractivity contribution < 1.29 is 21.6 Å². The lowest BCUT2D eigenvalue weighted by molar-refractivity contribution is -0.120. The first kappa shape index (κ1) is 26.8. The lowest BCUT2D eigenvalue weighted by atomic mass is 10.1. The van der Waals surface area contributed by atoms with Crippen LogP contribution < -0.4 is 9.62 Å². The molecule has 10 heteroatoms. The van der Waals surface area contributed by atoms with E-state index in [4.69, 9.17) is 0 Å². The molecule has 0 fully saturated rings. The number of hydrogen-bond donors (Lipinski definition) is 1. The second-order valence-corrected chi connectivity index (χ2v) is 12.9. The predicted octanol–water partition coefficient (Wildman–Crippen LogP) is 4.19. The highest BCUT2D eigenvalue weighted by Gasteiger charge is 2.27. The van der Waals surface area contributed by atoms with Crippen LogP contribution in [0, 0.1) is 6.92 Å². The zero-order chi connectivity index (χ0) is 25.8. The van der Waals surface area contributed by atoms with Gasteiger partial charge in [-0.2, -0.15) is 0 Å². The van der Waals surface area contributed by atoms with Gasteiger partial charge in [0.1, 0.15) is 6.54 Å². The van der Waals surface area contributed by atoms with E-state index in [-0.39, 0.29) is 9.79 Å². The number of sulfone groups is 1. The molecule has 3 aromatic carbocycles. The maximum atomic E-state index is 13.5. The van der Waals surface area contributed by atoms with Crippen LogP contribution >= 0.6 is 11.8 Å². The number of thioether (sulfide) groups is 1. The Morgan fingerprint density at radius 1 is 0.886 bits per heavy atom. The summed E-state index contributed by atoms with van der Waals surface area (Å²) in [5.41, 5.74) is 2.04. The van der Waals surface area contributed by atoms with Crippen LogP contribution in [0.3, 0.4) is 0 Å². The van der Waals surface area contributed by atoms with Crippen molar-refractivity contribution >= 4 is 43.2 Å². The summed E-state index contributed by atoms with van der Waals surface area (Å²) >= 11 is 1.51. The lowest BCUT2D eigenvalue weighted by Crippen LogP contribution is -2.41. The van der Waals surface area contributed by atoms with E-state index in [2.05, 4.69) is 5.32 Å². The summed E-state index contributed by atoms with van der Waals surface area (Å²) < 4.78 is 51.5. The first-order valence-electron chi connectivity index (χ1n) is 10.7. The van der Waals surface area contributed by atoms with Gasteiger partial charge in [-0.3, -0.25) is 9.10 Å². The molecule has 0 aliphatic heterocycles. The third kappa shape index (κ3) is 6.65. The maximum absolute atomic E-state index is 13.5. The highest BCUT2D eigenvalue weighted by Crippen LogP contribution is 2.26. The van der Waals surface area contributed by atoms with E-state index >= 15 is 0 Å². The second kappa shape index (κ2) is 10.8. The number of carbonyl (C=O) groups excluding carboxylic acids is 1. The molecule has 186 valence electrons. The largest absolute Gasteiger partial charge is 0.348 e. The van der Waals surface area contributed by atoms with Crippen molar-refractivity contribution in [3.63, 3.8) is 0 Å². The molecule has 0 spiro atoms. The normalized spacial score (nSPS) is 12.7. The Morgan fingerprint density at radius 2 is 1.43 bits per heavy atom. The average molecular weight is 533 g/mol. The Kier molecular flexibility index (Phi) is 8.30. The van der Waals surface area contributed by atoms with Crippen LogP contribution in [0.4, 0.5) is 5.69 Å². The van der Waals surface area contributed by atoms with Gasteiger partial charge in [0.2, 0.25) is 5.91 Å². The van der Waals surface area contributed by atoms with Crippen molar-refractivity contribution in [3.05, 3.63) is 83.9 Å². The Balaban J connectivity index is 1.85. The van der Waals surface area contributed by atoms with Crippen molar-refractivity contribution in [3.8, 4) is 0 Å². The van der Waals surface area contributed by atoms with Crippen molar-refractivity contribution in [1.29, 1.82) is 0 Å². The van der Waals surface area contributed by atoms with Gasteiger partial charge in [-0.1, -0.05) is 29.8 Å². The second-order valence-electron chi connectivity index (χ2n) is 8.15. The number of anilines is 1. The van der Waals surface area contributed by atoms with Gasteiger partial charge in [0, 0.05) is 11.2 Å². The Bertz CT molecular complexity index is 1380. The van der Waals surface area contributed by atoms with Crippen molar-refractivity contribution in [2.75, 3.05) is 23.4 Å². The van der Waals surface area contributed by atoms with E-state index in [1.165, 1.54) is 36.0 Å². The van der Waals surface area contributed by atoms with E-state index < -0.39 is 38.4 Å². The molecule has 0 saturated heterocycles. The highest BCUT2D eigenvalue weighted by atomic mass is 32.2. The molecule has 1 atom stereocenters. The number of aryl methyl sites for hydroxylation is 1. The molecule has 3 rings (SSSR count). The maximum Gasteiger partial charge on any atom is 0.264 e. The van der Waals surface area contributed by atoms with E-state index in [1.807, 2.05) is 13.2 Å². The fraction of sp³-hybridized carbons (Fsp3) is 0.240.